The van der Waals surface area contributed by atoms with E-state index in [1.807, 2.05) is 25.0 Å². The van der Waals surface area contributed by atoms with E-state index in [2.05, 4.69) is 44.5 Å². The van der Waals surface area contributed by atoms with Crippen LogP contribution in [0.1, 0.15) is 29.9 Å². The normalized spacial score (nSPS) is 13.2. The smallest absolute Gasteiger partial charge is 0.193 e. The third-order valence-corrected chi connectivity index (χ3v) is 4.32. The summed E-state index contributed by atoms with van der Waals surface area (Å²) in [6.45, 7) is 2.14. The molecule has 1 atom stereocenters. The summed E-state index contributed by atoms with van der Waals surface area (Å²) in [7, 11) is 3.97. The van der Waals surface area contributed by atoms with Crippen molar-refractivity contribution in [3.63, 3.8) is 0 Å². The molecule has 6 heteroatoms. The SMILES string of the molecule is CCc1nn(C)cc1C(Cc1cn2ccsc2n1)NC. The molecule has 3 aromatic heterocycles. The average Bonchev–Trinajstić information content (AvgIpc) is 3.09. The quantitative estimate of drug-likeness (QED) is 0.783. The maximum atomic E-state index is 4.66. The minimum Gasteiger partial charge on any atom is -0.313 e. The molecule has 0 aliphatic heterocycles. The first-order chi connectivity index (χ1) is 9.71. The summed E-state index contributed by atoms with van der Waals surface area (Å²) in [5.74, 6) is 0. The minimum atomic E-state index is 0.253. The maximum Gasteiger partial charge on any atom is 0.193 e. The van der Waals surface area contributed by atoms with Crippen LogP contribution in [0.15, 0.2) is 24.0 Å². The number of thiazole rings is 1. The Bertz CT molecular complexity index is 680. The summed E-state index contributed by atoms with van der Waals surface area (Å²) in [6.07, 6.45) is 8.10. The predicted octanol–water partition coefficient (Wildman–Crippen LogP) is 2.19. The number of aromatic nitrogens is 4. The van der Waals surface area contributed by atoms with Gasteiger partial charge in [0.05, 0.1) is 11.4 Å². The largest absolute Gasteiger partial charge is 0.313 e. The van der Waals surface area contributed by atoms with Crippen LogP contribution in [0, 0.1) is 0 Å². The zero-order valence-corrected chi connectivity index (χ0v) is 12.8. The highest BCUT2D eigenvalue weighted by Gasteiger charge is 2.18. The number of nitrogens with one attached hydrogen (secondary N) is 1. The lowest BCUT2D eigenvalue weighted by Crippen LogP contribution is -2.19. The number of aryl methyl sites for hydroxylation is 2. The van der Waals surface area contributed by atoms with Gasteiger partial charge < -0.3 is 5.32 Å². The van der Waals surface area contributed by atoms with Gasteiger partial charge in [-0.3, -0.25) is 9.08 Å². The second-order valence-corrected chi connectivity index (χ2v) is 5.80. The van der Waals surface area contributed by atoms with E-state index >= 15 is 0 Å². The Morgan fingerprint density at radius 2 is 2.25 bits per heavy atom. The van der Waals surface area contributed by atoms with Crippen molar-refractivity contribution < 1.29 is 0 Å². The van der Waals surface area contributed by atoms with Crippen molar-refractivity contribution >= 4 is 16.3 Å². The van der Waals surface area contributed by atoms with Crippen LogP contribution < -0.4 is 5.32 Å². The van der Waals surface area contributed by atoms with Crippen LogP contribution in [0.25, 0.3) is 4.96 Å². The highest BCUT2D eigenvalue weighted by Crippen LogP contribution is 2.22. The molecule has 0 aliphatic carbocycles. The molecule has 1 unspecified atom stereocenters. The number of hydrogen-bond acceptors (Lipinski definition) is 4. The van der Waals surface area contributed by atoms with Crippen molar-refractivity contribution in [2.45, 2.75) is 25.8 Å². The van der Waals surface area contributed by atoms with Gasteiger partial charge in [0.2, 0.25) is 0 Å². The lowest BCUT2D eigenvalue weighted by Gasteiger charge is -2.14. The average molecular weight is 289 g/mol. The van der Waals surface area contributed by atoms with Crippen molar-refractivity contribution in [3.8, 4) is 0 Å². The molecule has 0 spiro atoms. The molecule has 3 heterocycles. The van der Waals surface area contributed by atoms with Gasteiger partial charge in [0.25, 0.3) is 0 Å². The Labute approximate surface area is 122 Å². The van der Waals surface area contributed by atoms with Gasteiger partial charge >= 0.3 is 0 Å². The molecular formula is C14H19N5S. The van der Waals surface area contributed by atoms with Crippen LogP contribution >= 0.6 is 11.3 Å². The molecule has 0 radical (unpaired) electrons. The van der Waals surface area contributed by atoms with Crippen LogP contribution in [-0.4, -0.2) is 26.2 Å². The first-order valence-corrected chi connectivity index (χ1v) is 7.70. The van der Waals surface area contributed by atoms with E-state index in [1.54, 1.807) is 11.3 Å². The fourth-order valence-corrected chi connectivity index (χ4v) is 3.29. The highest BCUT2D eigenvalue weighted by atomic mass is 32.1. The summed E-state index contributed by atoms with van der Waals surface area (Å²) in [5.41, 5.74) is 3.55. The first-order valence-electron chi connectivity index (χ1n) is 6.82. The number of hydrogen-bond donors (Lipinski definition) is 1. The van der Waals surface area contributed by atoms with E-state index in [1.165, 1.54) is 5.56 Å². The second-order valence-electron chi connectivity index (χ2n) is 4.93. The van der Waals surface area contributed by atoms with Crippen molar-refractivity contribution in [1.29, 1.82) is 0 Å². The minimum absolute atomic E-state index is 0.253. The van der Waals surface area contributed by atoms with E-state index in [0.717, 1.165) is 29.2 Å². The lowest BCUT2D eigenvalue weighted by molar-refractivity contribution is 0.581. The van der Waals surface area contributed by atoms with Gasteiger partial charge in [0.1, 0.15) is 0 Å². The van der Waals surface area contributed by atoms with E-state index < -0.39 is 0 Å². The Hall–Kier alpha value is -1.66. The van der Waals surface area contributed by atoms with Gasteiger partial charge in [0, 0.05) is 49.0 Å². The van der Waals surface area contributed by atoms with Crippen molar-refractivity contribution in [3.05, 3.63) is 40.9 Å². The Kier molecular flexibility index (Phi) is 3.58. The Morgan fingerprint density at radius 3 is 2.95 bits per heavy atom. The number of nitrogens with zero attached hydrogens (tertiary/aromatic N) is 4. The molecule has 3 rings (SSSR count). The fraction of sp³-hybridized carbons (Fsp3) is 0.429. The number of fused-ring (bicyclic) bond motifs is 1. The molecule has 0 saturated heterocycles. The molecule has 1 N–H and O–H groups in total. The number of rotatable bonds is 5. The van der Waals surface area contributed by atoms with Gasteiger partial charge in [-0.05, 0) is 13.5 Å². The fourth-order valence-electron chi connectivity index (χ4n) is 2.57. The van der Waals surface area contributed by atoms with Crippen LogP contribution in [-0.2, 0) is 19.9 Å². The summed E-state index contributed by atoms with van der Waals surface area (Å²) in [6, 6.07) is 0.253. The Balaban J connectivity index is 1.87. The molecule has 0 aliphatic rings. The van der Waals surface area contributed by atoms with Gasteiger partial charge in [-0.1, -0.05) is 6.92 Å². The number of likely N-dealkylation sites (N-methyl/N-ethyl adjacent to an activating group) is 1. The van der Waals surface area contributed by atoms with Gasteiger partial charge in [-0.15, -0.1) is 11.3 Å². The molecule has 0 fully saturated rings. The first kappa shape index (κ1) is 13.3. The molecule has 0 bridgehead atoms. The summed E-state index contributed by atoms with van der Waals surface area (Å²) in [5, 5.41) is 9.97. The molecule has 3 aromatic rings. The van der Waals surface area contributed by atoms with Crippen molar-refractivity contribution in [2.24, 2.45) is 7.05 Å². The highest BCUT2D eigenvalue weighted by molar-refractivity contribution is 7.15. The van der Waals surface area contributed by atoms with Gasteiger partial charge in [-0.2, -0.15) is 5.10 Å². The lowest BCUT2D eigenvalue weighted by atomic mass is 10.0. The maximum absolute atomic E-state index is 4.66. The molecule has 106 valence electrons. The molecule has 0 amide bonds. The van der Waals surface area contributed by atoms with E-state index in [-0.39, 0.29) is 6.04 Å². The van der Waals surface area contributed by atoms with E-state index in [0.29, 0.717) is 0 Å². The van der Waals surface area contributed by atoms with Gasteiger partial charge in [-0.25, -0.2) is 4.98 Å². The summed E-state index contributed by atoms with van der Waals surface area (Å²) < 4.78 is 3.97. The van der Waals surface area contributed by atoms with Crippen LogP contribution in [0.2, 0.25) is 0 Å². The monoisotopic (exact) mass is 289 g/mol. The second kappa shape index (κ2) is 5.38. The summed E-state index contributed by atoms with van der Waals surface area (Å²) >= 11 is 1.67. The molecule has 20 heavy (non-hydrogen) atoms. The molecular weight excluding hydrogens is 270 g/mol. The van der Waals surface area contributed by atoms with Crippen LogP contribution in [0.4, 0.5) is 0 Å². The number of imidazole rings is 1. The standard InChI is InChI=1S/C14H19N5S/c1-4-12-11(9-18(3)17-12)13(15-2)7-10-8-19-5-6-20-14(19)16-10/h5-6,8-9,13,15H,4,7H2,1-3H3. The van der Waals surface area contributed by atoms with Gasteiger partial charge in [0.15, 0.2) is 4.96 Å². The van der Waals surface area contributed by atoms with Crippen molar-refractivity contribution in [2.75, 3.05) is 7.05 Å². The molecule has 5 nitrogen and oxygen atoms in total. The Morgan fingerprint density at radius 1 is 1.40 bits per heavy atom. The third-order valence-electron chi connectivity index (χ3n) is 3.55. The topological polar surface area (TPSA) is 47.2 Å². The van der Waals surface area contributed by atoms with Crippen LogP contribution in [0.5, 0.6) is 0 Å². The predicted molar refractivity (Wildman–Crippen MR) is 81.2 cm³/mol. The third kappa shape index (κ3) is 2.36. The van der Waals surface area contributed by atoms with E-state index in [9.17, 15) is 0 Å². The zero-order chi connectivity index (χ0) is 14.1. The zero-order valence-electron chi connectivity index (χ0n) is 12.0. The summed E-state index contributed by atoms with van der Waals surface area (Å²) in [4.78, 5) is 5.72. The molecule has 0 saturated carbocycles. The molecule has 0 aromatic carbocycles. The van der Waals surface area contributed by atoms with Crippen LogP contribution in [0.3, 0.4) is 0 Å². The van der Waals surface area contributed by atoms with Crippen molar-refractivity contribution in [1.82, 2.24) is 24.5 Å². The van der Waals surface area contributed by atoms with E-state index in [4.69, 9.17) is 0 Å².